The third-order valence-corrected chi connectivity index (χ3v) is 5.03. The molecule has 3 aromatic carbocycles. The number of anilines is 3. The van der Waals surface area contributed by atoms with E-state index in [0.717, 1.165) is 29.8 Å². The molecule has 1 saturated heterocycles. The second kappa shape index (κ2) is 7.74. The summed E-state index contributed by atoms with van der Waals surface area (Å²) in [4.78, 5) is 14.9. The van der Waals surface area contributed by atoms with Crippen molar-refractivity contribution in [3.05, 3.63) is 78.4 Å². The van der Waals surface area contributed by atoms with Gasteiger partial charge in [-0.15, -0.1) is 0 Å². The summed E-state index contributed by atoms with van der Waals surface area (Å²) in [6, 6.07) is 22.9. The third-order valence-electron chi connectivity index (χ3n) is 5.03. The average Bonchev–Trinajstić information content (AvgIpc) is 3.15. The Morgan fingerprint density at radius 2 is 1.79 bits per heavy atom. The highest BCUT2D eigenvalue weighted by molar-refractivity contribution is 6.06. The SMILES string of the molecule is Nc1ccc(-c2ccccc2)c(NC(=O)c2ccc(N3CC[C@H](O)C3)cc2)c1. The van der Waals surface area contributed by atoms with E-state index < -0.39 is 0 Å². The normalized spacial score (nSPS) is 16.2. The van der Waals surface area contributed by atoms with Gasteiger partial charge in [-0.3, -0.25) is 4.79 Å². The zero-order valence-electron chi connectivity index (χ0n) is 15.5. The molecular formula is C23H23N3O2. The van der Waals surface area contributed by atoms with E-state index >= 15 is 0 Å². The van der Waals surface area contributed by atoms with Gasteiger partial charge in [0.05, 0.1) is 11.8 Å². The highest BCUT2D eigenvalue weighted by Crippen LogP contribution is 2.30. The number of β-amino-alcohol motifs (C(OH)–C–C–N with tert-alkyl or cyclic N) is 1. The van der Waals surface area contributed by atoms with Crippen LogP contribution in [0.4, 0.5) is 17.1 Å². The largest absolute Gasteiger partial charge is 0.399 e. The molecule has 0 aliphatic carbocycles. The zero-order chi connectivity index (χ0) is 19.5. The molecular weight excluding hydrogens is 350 g/mol. The topological polar surface area (TPSA) is 78.6 Å². The zero-order valence-corrected chi connectivity index (χ0v) is 15.5. The van der Waals surface area contributed by atoms with Gasteiger partial charge in [0.1, 0.15) is 0 Å². The molecule has 4 rings (SSSR count). The second-order valence-electron chi connectivity index (χ2n) is 7.06. The molecule has 5 heteroatoms. The van der Waals surface area contributed by atoms with Crippen LogP contribution in [0, 0.1) is 0 Å². The van der Waals surface area contributed by atoms with E-state index in [-0.39, 0.29) is 12.0 Å². The number of hydrogen-bond acceptors (Lipinski definition) is 4. The van der Waals surface area contributed by atoms with Crippen molar-refractivity contribution in [1.29, 1.82) is 0 Å². The van der Waals surface area contributed by atoms with Gasteiger partial charge in [0.15, 0.2) is 0 Å². The summed E-state index contributed by atoms with van der Waals surface area (Å²) in [5.74, 6) is -0.184. The van der Waals surface area contributed by atoms with Gasteiger partial charge >= 0.3 is 0 Å². The molecule has 0 unspecified atom stereocenters. The maximum Gasteiger partial charge on any atom is 0.255 e. The van der Waals surface area contributed by atoms with Crippen LogP contribution in [0.1, 0.15) is 16.8 Å². The summed E-state index contributed by atoms with van der Waals surface area (Å²) in [5, 5.41) is 12.7. The molecule has 1 aliphatic heterocycles. The Balaban J connectivity index is 1.55. The van der Waals surface area contributed by atoms with Crippen LogP contribution in [-0.4, -0.2) is 30.2 Å². The summed E-state index contributed by atoms with van der Waals surface area (Å²) in [6.07, 6.45) is 0.503. The monoisotopic (exact) mass is 373 g/mol. The maximum atomic E-state index is 12.8. The van der Waals surface area contributed by atoms with Crippen LogP contribution in [0.5, 0.6) is 0 Å². The van der Waals surface area contributed by atoms with Crippen LogP contribution < -0.4 is 16.0 Å². The molecule has 1 amide bonds. The number of carbonyl (C=O) groups excluding carboxylic acids is 1. The number of nitrogens with zero attached hydrogens (tertiary/aromatic N) is 1. The number of carbonyl (C=O) groups is 1. The first-order valence-electron chi connectivity index (χ1n) is 9.39. The molecule has 5 nitrogen and oxygen atoms in total. The standard InChI is InChI=1S/C23H23N3O2/c24-18-8-11-21(16-4-2-1-3-5-16)22(14-18)25-23(28)17-6-9-19(10-7-17)26-13-12-20(27)15-26/h1-11,14,20,27H,12-13,15,24H2,(H,25,28)/t20-/m0/s1. The first-order valence-corrected chi connectivity index (χ1v) is 9.39. The molecule has 0 radical (unpaired) electrons. The van der Waals surface area contributed by atoms with Gasteiger partial charge in [0, 0.05) is 35.6 Å². The van der Waals surface area contributed by atoms with E-state index in [1.807, 2.05) is 66.7 Å². The van der Waals surface area contributed by atoms with E-state index in [0.29, 0.717) is 23.5 Å². The van der Waals surface area contributed by atoms with Gasteiger partial charge in [-0.2, -0.15) is 0 Å². The molecule has 1 fully saturated rings. The van der Waals surface area contributed by atoms with Crippen LogP contribution >= 0.6 is 0 Å². The van der Waals surface area contributed by atoms with Crippen molar-refractivity contribution < 1.29 is 9.90 Å². The number of nitrogen functional groups attached to an aromatic ring is 1. The summed E-state index contributed by atoms with van der Waals surface area (Å²) in [7, 11) is 0. The van der Waals surface area contributed by atoms with E-state index in [4.69, 9.17) is 5.73 Å². The Morgan fingerprint density at radius 3 is 2.46 bits per heavy atom. The number of aliphatic hydroxyl groups is 1. The van der Waals surface area contributed by atoms with Crippen molar-refractivity contribution in [3.8, 4) is 11.1 Å². The van der Waals surface area contributed by atoms with Crippen molar-refractivity contribution in [3.63, 3.8) is 0 Å². The minimum atomic E-state index is -0.275. The number of amides is 1. The lowest BCUT2D eigenvalue weighted by Crippen LogP contribution is -2.21. The van der Waals surface area contributed by atoms with Gasteiger partial charge in [-0.25, -0.2) is 0 Å². The summed E-state index contributed by atoms with van der Waals surface area (Å²) >= 11 is 0. The van der Waals surface area contributed by atoms with Gasteiger partial charge < -0.3 is 21.1 Å². The molecule has 28 heavy (non-hydrogen) atoms. The van der Waals surface area contributed by atoms with E-state index in [2.05, 4.69) is 10.2 Å². The number of aliphatic hydroxyl groups excluding tert-OH is 1. The molecule has 0 bridgehead atoms. The Bertz CT molecular complexity index is 971. The molecule has 3 aromatic rings. The third kappa shape index (κ3) is 3.85. The number of benzene rings is 3. The molecule has 1 atom stereocenters. The van der Waals surface area contributed by atoms with Gasteiger partial charge in [0.25, 0.3) is 5.91 Å². The maximum absolute atomic E-state index is 12.8. The van der Waals surface area contributed by atoms with Crippen LogP contribution in [0.3, 0.4) is 0 Å². The fourth-order valence-corrected chi connectivity index (χ4v) is 3.53. The number of hydrogen-bond donors (Lipinski definition) is 3. The van der Waals surface area contributed by atoms with Gasteiger partial charge in [0.2, 0.25) is 0 Å². The quantitative estimate of drug-likeness (QED) is 0.609. The van der Waals surface area contributed by atoms with E-state index in [1.165, 1.54) is 0 Å². The first kappa shape index (κ1) is 18.1. The molecule has 1 heterocycles. The fraction of sp³-hybridized carbons (Fsp3) is 0.174. The Kier molecular flexibility index (Phi) is 5.00. The van der Waals surface area contributed by atoms with Crippen molar-refractivity contribution in [2.24, 2.45) is 0 Å². The Hall–Kier alpha value is -3.31. The molecule has 1 aliphatic rings. The molecule has 4 N–H and O–H groups in total. The smallest absolute Gasteiger partial charge is 0.255 e. The number of nitrogens with two attached hydrogens (primary N) is 1. The molecule has 0 aromatic heterocycles. The second-order valence-corrected chi connectivity index (χ2v) is 7.06. The number of rotatable bonds is 4. The van der Waals surface area contributed by atoms with Crippen LogP contribution in [0.25, 0.3) is 11.1 Å². The molecule has 0 saturated carbocycles. The van der Waals surface area contributed by atoms with Gasteiger partial charge in [-0.1, -0.05) is 36.4 Å². The Morgan fingerprint density at radius 1 is 1.04 bits per heavy atom. The highest BCUT2D eigenvalue weighted by atomic mass is 16.3. The predicted molar refractivity (Wildman–Crippen MR) is 114 cm³/mol. The minimum Gasteiger partial charge on any atom is -0.399 e. The molecule has 142 valence electrons. The van der Waals surface area contributed by atoms with Crippen molar-refractivity contribution >= 4 is 23.0 Å². The Labute approximate surface area is 164 Å². The lowest BCUT2D eigenvalue weighted by atomic mass is 10.0. The van der Waals surface area contributed by atoms with E-state index in [9.17, 15) is 9.90 Å². The lowest BCUT2D eigenvalue weighted by Gasteiger charge is -2.18. The summed E-state index contributed by atoms with van der Waals surface area (Å²) < 4.78 is 0. The van der Waals surface area contributed by atoms with Crippen molar-refractivity contribution in [2.45, 2.75) is 12.5 Å². The van der Waals surface area contributed by atoms with Crippen LogP contribution in [-0.2, 0) is 0 Å². The summed E-state index contributed by atoms with van der Waals surface area (Å²) in [5.41, 5.74) is 10.7. The van der Waals surface area contributed by atoms with Crippen LogP contribution in [0.15, 0.2) is 72.8 Å². The summed E-state index contributed by atoms with van der Waals surface area (Å²) in [6.45, 7) is 1.46. The highest BCUT2D eigenvalue weighted by Gasteiger charge is 2.20. The lowest BCUT2D eigenvalue weighted by molar-refractivity contribution is 0.102. The minimum absolute atomic E-state index is 0.184. The average molecular weight is 373 g/mol. The van der Waals surface area contributed by atoms with Crippen molar-refractivity contribution in [1.82, 2.24) is 0 Å². The van der Waals surface area contributed by atoms with Crippen molar-refractivity contribution in [2.75, 3.05) is 29.0 Å². The van der Waals surface area contributed by atoms with Gasteiger partial charge in [-0.05, 0) is 48.4 Å². The van der Waals surface area contributed by atoms with E-state index in [1.54, 1.807) is 6.07 Å². The number of nitrogens with one attached hydrogen (secondary N) is 1. The predicted octanol–water partition coefficient (Wildman–Crippen LogP) is 3.76. The molecule has 0 spiro atoms. The fourth-order valence-electron chi connectivity index (χ4n) is 3.53. The van der Waals surface area contributed by atoms with Crippen LogP contribution in [0.2, 0.25) is 0 Å². The first-order chi connectivity index (χ1) is 13.6.